The third-order valence-electron chi connectivity index (χ3n) is 3.25. The Bertz CT molecular complexity index is 402. The van der Waals surface area contributed by atoms with Gasteiger partial charge in [0.2, 0.25) is 0 Å². The van der Waals surface area contributed by atoms with Crippen LogP contribution in [-0.4, -0.2) is 13.1 Å². The second-order valence-electron chi connectivity index (χ2n) is 5.10. The summed E-state index contributed by atoms with van der Waals surface area (Å²) in [4.78, 5) is 0. The molecule has 98 valence electrons. The molecule has 0 atom stereocenters. The van der Waals surface area contributed by atoms with Crippen molar-refractivity contribution in [2.45, 2.75) is 46.0 Å². The quantitative estimate of drug-likeness (QED) is 0.744. The molecule has 1 aromatic carbocycles. The van der Waals surface area contributed by atoms with E-state index in [1.54, 1.807) is 0 Å². The highest BCUT2D eigenvalue weighted by atomic mass is 14.8. The summed E-state index contributed by atoms with van der Waals surface area (Å²) in [7, 11) is 0. The van der Waals surface area contributed by atoms with E-state index >= 15 is 0 Å². The number of hydrogen-bond acceptors (Lipinski definition) is 2. The topological polar surface area (TPSA) is 35.8 Å². The van der Waals surface area contributed by atoms with E-state index in [2.05, 4.69) is 50.4 Å². The van der Waals surface area contributed by atoms with Crippen LogP contribution in [0.3, 0.4) is 0 Å². The average molecular weight is 244 g/mol. The van der Waals surface area contributed by atoms with Crippen molar-refractivity contribution in [3.63, 3.8) is 0 Å². The Morgan fingerprint density at radius 1 is 1.28 bits per heavy atom. The highest BCUT2D eigenvalue weighted by molar-refractivity contribution is 5.32. The van der Waals surface area contributed by atoms with Gasteiger partial charge in [-0.3, -0.25) is 0 Å². The molecule has 2 nitrogen and oxygen atoms in total. The summed E-state index contributed by atoms with van der Waals surface area (Å²) in [6, 6.07) is 8.94. The molecule has 0 aliphatic carbocycles. The van der Waals surface area contributed by atoms with Gasteiger partial charge in [0.15, 0.2) is 0 Å². The predicted molar refractivity (Wildman–Crippen MR) is 76.7 cm³/mol. The number of nitriles is 1. The molecule has 2 heteroatoms. The molecule has 0 amide bonds. The lowest BCUT2D eigenvalue weighted by Crippen LogP contribution is -2.18. The molecule has 0 aromatic heterocycles. The van der Waals surface area contributed by atoms with Crippen LogP contribution in [0.15, 0.2) is 18.2 Å². The van der Waals surface area contributed by atoms with Crippen molar-refractivity contribution in [1.82, 2.24) is 5.32 Å². The van der Waals surface area contributed by atoms with Crippen molar-refractivity contribution in [1.29, 1.82) is 5.26 Å². The Kier molecular flexibility index (Phi) is 6.46. The van der Waals surface area contributed by atoms with Crippen LogP contribution in [0, 0.1) is 18.3 Å². The van der Waals surface area contributed by atoms with Crippen LogP contribution in [0.2, 0.25) is 0 Å². The highest BCUT2D eigenvalue weighted by Gasteiger charge is 2.03. The minimum absolute atomic E-state index is 0.591. The average Bonchev–Trinajstić information content (AvgIpc) is 2.35. The van der Waals surface area contributed by atoms with Crippen molar-refractivity contribution >= 4 is 0 Å². The lowest BCUT2D eigenvalue weighted by molar-refractivity contribution is 0.653. The number of aryl methyl sites for hydroxylation is 1. The van der Waals surface area contributed by atoms with Crippen molar-refractivity contribution < 1.29 is 0 Å². The smallest absolute Gasteiger partial charge is 0.0622 e. The van der Waals surface area contributed by atoms with Crippen molar-refractivity contribution in [3.05, 3.63) is 34.9 Å². The molecule has 0 radical (unpaired) electrons. The molecular formula is C16H24N2. The van der Waals surface area contributed by atoms with Gasteiger partial charge in [0, 0.05) is 6.42 Å². The molecule has 0 heterocycles. The number of unbranched alkanes of at least 4 members (excludes halogenated alkanes) is 1. The largest absolute Gasteiger partial charge is 0.316 e. The second-order valence-corrected chi connectivity index (χ2v) is 5.10. The number of hydrogen-bond donors (Lipinski definition) is 1. The summed E-state index contributed by atoms with van der Waals surface area (Å²) < 4.78 is 0. The SMILES string of the molecule is Cc1ccc(C(C)C)cc1CCNCCCC#N. The van der Waals surface area contributed by atoms with Gasteiger partial charge in [-0.15, -0.1) is 0 Å². The Balaban J connectivity index is 2.42. The summed E-state index contributed by atoms with van der Waals surface area (Å²) in [6.45, 7) is 8.57. The van der Waals surface area contributed by atoms with Gasteiger partial charge in [-0.2, -0.15) is 5.26 Å². The highest BCUT2D eigenvalue weighted by Crippen LogP contribution is 2.18. The van der Waals surface area contributed by atoms with Crippen LogP contribution in [0.5, 0.6) is 0 Å². The summed E-state index contributed by atoms with van der Waals surface area (Å²) in [6.07, 6.45) is 2.66. The van der Waals surface area contributed by atoms with E-state index in [9.17, 15) is 0 Å². The fourth-order valence-electron chi connectivity index (χ4n) is 1.96. The van der Waals surface area contributed by atoms with E-state index < -0.39 is 0 Å². The van der Waals surface area contributed by atoms with E-state index in [0.29, 0.717) is 12.3 Å². The van der Waals surface area contributed by atoms with Gasteiger partial charge < -0.3 is 5.32 Å². The van der Waals surface area contributed by atoms with Gasteiger partial charge in [0.1, 0.15) is 0 Å². The number of nitrogens with zero attached hydrogens (tertiary/aromatic N) is 1. The molecule has 0 aliphatic rings. The maximum Gasteiger partial charge on any atom is 0.0622 e. The fraction of sp³-hybridized carbons (Fsp3) is 0.562. The van der Waals surface area contributed by atoms with Crippen molar-refractivity contribution in [2.75, 3.05) is 13.1 Å². The first-order valence-corrected chi connectivity index (χ1v) is 6.82. The lowest BCUT2D eigenvalue weighted by atomic mass is 9.96. The minimum atomic E-state index is 0.591. The van der Waals surface area contributed by atoms with E-state index in [-0.39, 0.29) is 0 Å². The first-order valence-electron chi connectivity index (χ1n) is 6.82. The van der Waals surface area contributed by atoms with Gasteiger partial charge in [0.25, 0.3) is 0 Å². The number of nitrogens with one attached hydrogen (secondary N) is 1. The number of benzene rings is 1. The Hall–Kier alpha value is -1.33. The molecule has 0 fully saturated rings. The van der Waals surface area contributed by atoms with Gasteiger partial charge in [-0.25, -0.2) is 0 Å². The van der Waals surface area contributed by atoms with Crippen LogP contribution in [0.1, 0.15) is 49.3 Å². The Morgan fingerprint density at radius 3 is 2.72 bits per heavy atom. The summed E-state index contributed by atoms with van der Waals surface area (Å²) in [5, 5.41) is 11.8. The Morgan fingerprint density at radius 2 is 2.06 bits per heavy atom. The Labute approximate surface area is 111 Å². The van der Waals surface area contributed by atoms with Crippen molar-refractivity contribution in [2.24, 2.45) is 0 Å². The standard InChI is InChI=1S/C16H24N2/c1-13(2)15-7-6-14(3)16(12-15)8-11-18-10-5-4-9-17/h6-7,12-13,18H,4-5,8,10-11H2,1-3H3. The molecule has 0 saturated heterocycles. The molecule has 1 aromatic rings. The fourth-order valence-corrected chi connectivity index (χ4v) is 1.96. The molecule has 0 aliphatic heterocycles. The molecular weight excluding hydrogens is 220 g/mol. The van der Waals surface area contributed by atoms with Crippen LogP contribution < -0.4 is 5.32 Å². The van der Waals surface area contributed by atoms with Crippen molar-refractivity contribution in [3.8, 4) is 6.07 Å². The van der Waals surface area contributed by atoms with Gasteiger partial charge in [0.05, 0.1) is 6.07 Å². The van der Waals surface area contributed by atoms with Gasteiger partial charge in [-0.1, -0.05) is 32.0 Å². The normalized spacial score (nSPS) is 10.6. The van der Waals surface area contributed by atoms with E-state index in [0.717, 1.165) is 25.9 Å². The lowest BCUT2D eigenvalue weighted by Gasteiger charge is -2.11. The summed E-state index contributed by atoms with van der Waals surface area (Å²) >= 11 is 0. The second kappa shape index (κ2) is 7.89. The molecule has 0 spiro atoms. The van der Waals surface area contributed by atoms with Crippen LogP contribution in [-0.2, 0) is 6.42 Å². The monoisotopic (exact) mass is 244 g/mol. The maximum absolute atomic E-state index is 8.44. The molecule has 0 bridgehead atoms. The molecule has 1 rings (SSSR count). The molecule has 0 saturated carbocycles. The predicted octanol–water partition coefficient (Wildman–Crippen LogP) is 3.55. The third-order valence-corrected chi connectivity index (χ3v) is 3.25. The first kappa shape index (κ1) is 14.7. The van der Waals surface area contributed by atoms with E-state index in [1.807, 2.05) is 0 Å². The van der Waals surface area contributed by atoms with E-state index in [4.69, 9.17) is 5.26 Å². The molecule has 18 heavy (non-hydrogen) atoms. The third kappa shape index (κ3) is 4.89. The zero-order chi connectivity index (χ0) is 13.4. The van der Waals surface area contributed by atoms with Gasteiger partial charge in [-0.05, 0) is 55.5 Å². The maximum atomic E-state index is 8.44. The zero-order valence-corrected chi connectivity index (χ0v) is 11.8. The zero-order valence-electron chi connectivity index (χ0n) is 11.8. The minimum Gasteiger partial charge on any atom is -0.316 e. The van der Waals surface area contributed by atoms with Gasteiger partial charge >= 0.3 is 0 Å². The molecule has 1 N–H and O–H groups in total. The molecule has 0 unspecified atom stereocenters. The summed E-state index contributed by atoms with van der Waals surface area (Å²) in [5.74, 6) is 0.591. The van der Waals surface area contributed by atoms with Crippen LogP contribution in [0.4, 0.5) is 0 Å². The number of rotatable bonds is 7. The summed E-state index contributed by atoms with van der Waals surface area (Å²) in [5.41, 5.74) is 4.23. The van der Waals surface area contributed by atoms with Crippen LogP contribution >= 0.6 is 0 Å². The first-order chi connectivity index (χ1) is 8.65. The van der Waals surface area contributed by atoms with Crippen LogP contribution in [0.25, 0.3) is 0 Å². The van der Waals surface area contributed by atoms with E-state index in [1.165, 1.54) is 16.7 Å².